The van der Waals surface area contributed by atoms with Gasteiger partial charge in [-0.25, -0.2) is 9.78 Å². The molecule has 0 unspecified atom stereocenters. The molecule has 1 saturated carbocycles. The third-order valence-electron chi connectivity index (χ3n) is 3.33. The molecule has 5 nitrogen and oxygen atoms in total. The maximum Gasteiger partial charge on any atom is 0.354 e. The average molecular weight is 259 g/mol. The summed E-state index contributed by atoms with van der Waals surface area (Å²) in [6, 6.07) is 4.25. The lowest BCUT2D eigenvalue weighted by atomic mass is 10.4. The van der Waals surface area contributed by atoms with Gasteiger partial charge in [0.25, 0.3) is 0 Å². The van der Waals surface area contributed by atoms with Crippen molar-refractivity contribution in [1.29, 1.82) is 0 Å². The summed E-state index contributed by atoms with van der Waals surface area (Å²) in [6.07, 6.45) is 8.09. The van der Waals surface area contributed by atoms with E-state index >= 15 is 0 Å². The van der Waals surface area contributed by atoms with Gasteiger partial charge in [-0.05, 0) is 31.9 Å². The minimum absolute atomic E-state index is 0.273. The predicted octanol–water partition coefficient (Wildman–Crippen LogP) is 2.24. The van der Waals surface area contributed by atoms with Crippen molar-refractivity contribution in [3.63, 3.8) is 0 Å². The lowest BCUT2D eigenvalue weighted by molar-refractivity contribution is 0.0514. The summed E-state index contributed by atoms with van der Waals surface area (Å²) in [7, 11) is 0. The summed E-state index contributed by atoms with van der Waals surface area (Å²) in [5.41, 5.74) is 1.72. The standard InChI is InChI=1S/C14H17N3O2/c1-2-19-14(18)13-4-3-7-16(13)9-12-8-15-10-17(12)11-5-6-11/h3-4,7-8,10-11H,2,5-6,9H2,1H3. The zero-order chi connectivity index (χ0) is 13.2. The number of imidazole rings is 1. The fourth-order valence-electron chi connectivity index (χ4n) is 2.25. The molecular formula is C14H17N3O2. The highest BCUT2D eigenvalue weighted by Crippen LogP contribution is 2.35. The first kappa shape index (κ1) is 12.0. The van der Waals surface area contributed by atoms with Crippen LogP contribution in [0.5, 0.6) is 0 Å². The number of carbonyl (C=O) groups excluding carboxylic acids is 1. The molecule has 1 aliphatic rings. The van der Waals surface area contributed by atoms with E-state index in [0.717, 1.165) is 5.69 Å². The average Bonchev–Trinajstić information content (AvgIpc) is 2.96. The van der Waals surface area contributed by atoms with Crippen LogP contribution in [0, 0.1) is 0 Å². The second kappa shape index (κ2) is 4.91. The number of ether oxygens (including phenoxy) is 1. The number of nitrogens with zero attached hydrogens (tertiary/aromatic N) is 3. The van der Waals surface area contributed by atoms with E-state index in [1.807, 2.05) is 36.3 Å². The first-order chi connectivity index (χ1) is 9.29. The molecule has 0 amide bonds. The lowest BCUT2D eigenvalue weighted by Gasteiger charge is -2.10. The molecule has 1 aliphatic carbocycles. The minimum atomic E-state index is -0.273. The Labute approximate surface area is 111 Å². The Morgan fingerprint density at radius 3 is 3.11 bits per heavy atom. The summed E-state index contributed by atoms with van der Waals surface area (Å²) in [4.78, 5) is 16.0. The Morgan fingerprint density at radius 1 is 1.53 bits per heavy atom. The van der Waals surface area contributed by atoms with Crippen LogP contribution in [0.1, 0.15) is 42.0 Å². The van der Waals surface area contributed by atoms with Gasteiger partial charge >= 0.3 is 5.97 Å². The van der Waals surface area contributed by atoms with Gasteiger partial charge < -0.3 is 13.9 Å². The lowest BCUT2D eigenvalue weighted by Crippen LogP contribution is -2.14. The number of esters is 1. The Balaban J connectivity index is 1.81. The van der Waals surface area contributed by atoms with Gasteiger partial charge in [-0.3, -0.25) is 0 Å². The van der Waals surface area contributed by atoms with Crippen LogP contribution in [0.4, 0.5) is 0 Å². The Bertz CT molecular complexity index is 581. The summed E-state index contributed by atoms with van der Waals surface area (Å²) in [5.74, 6) is -0.273. The van der Waals surface area contributed by atoms with E-state index in [1.54, 1.807) is 6.07 Å². The molecule has 0 spiro atoms. The molecule has 1 fully saturated rings. The van der Waals surface area contributed by atoms with E-state index in [9.17, 15) is 4.79 Å². The molecule has 3 rings (SSSR count). The van der Waals surface area contributed by atoms with E-state index in [4.69, 9.17) is 4.74 Å². The van der Waals surface area contributed by atoms with Crippen LogP contribution in [-0.2, 0) is 11.3 Å². The van der Waals surface area contributed by atoms with Gasteiger partial charge in [0.1, 0.15) is 5.69 Å². The molecule has 0 radical (unpaired) electrons. The Kier molecular flexibility index (Phi) is 3.11. The number of hydrogen-bond donors (Lipinski definition) is 0. The van der Waals surface area contributed by atoms with Crippen LogP contribution < -0.4 is 0 Å². The van der Waals surface area contributed by atoms with Crippen molar-refractivity contribution >= 4 is 5.97 Å². The Hall–Kier alpha value is -2.04. The molecule has 0 atom stereocenters. The topological polar surface area (TPSA) is 49.1 Å². The largest absolute Gasteiger partial charge is 0.461 e. The molecule has 0 bridgehead atoms. The third kappa shape index (κ3) is 2.41. The predicted molar refractivity (Wildman–Crippen MR) is 70.0 cm³/mol. The van der Waals surface area contributed by atoms with E-state index in [-0.39, 0.29) is 5.97 Å². The van der Waals surface area contributed by atoms with Crippen molar-refractivity contribution in [2.75, 3.05) is 6.61 Å². The van der Waals surface area contributed by atoms with Gasteiger partial charge in [0.2, 0.25) is 0 Å². The zero-order valence-electron chi connectivity index (χ0n) is 11.0. The molecule has 2 aromatic rings. The van der Waals surface area contributed by atoms with E-state index in [0.29, 0.717) is 24.9 Å². The first-order valence-corrected chi connectivity index (χ1v) is 6.62. The van der Waals surface area contributed by atoms with E-state index < -0.39 is 0 Å². The van der Waals surface area contributed by atoms with Gasteiger partial charge in [-0.2, -0.15) is 0 Å². The summed E-state index contributed by atoms with van der Waals surface area (Å²) < 4.78 is 9.17. The van der Waals surface area contributed by atoms with Crippen LogP contribution in [0.25, 0.3) is 0 Å². The molecule has 5 heteroatoms. The monoisotopic (exact) mass is 259 g/mol. The number of rotatable bonds is 5. The van der Waals surface area contributed by atoms with Crippen LogP contribution in [-0.4, -0.2) is 26.7 Å². The maximum atomic E-state index is 11.8. The maximum absolute atomic E-state index is 11.8. The van der Waals surface area contributed by atoms with Gasteiger partial charge in [-0.1, -0.05) is 0 Å². The molecule has 2 aromatic heterocycles. The molecule has 0 aliphatic heterocycles. The molecule has 2 heterocycles. The van der Waals surface area contributed by atoms with Crippen LogP contribution in [0.3, 0.4) is 0 Å². The van der Waals surface area contributed by atoms with Gasteiger partial charge in [0, 0.05) is 18.4 Å². The normalized spacial score (nSPS) is 14.6. The van der Waals surface area contributed by atoms with Crippen molar-refractivity contribution in [2.24, 2.45) is 0 Å². The zero-order valence-corrected chi connectivity index (χ0v) is 11.0. The highest BCUT2D eigenvalue weighted by molar-refractivity contribution is 5.87. The van der Waals surface area contributed by atoms with Crippen molar-refractivity contribution in [3.05, 3.63) is 42.2 Å². The Morgan fingerprint density at radius 2 is 2.37 bits per heavy atom. The highest BCUT2D eigenvalue weighted by Gasteiger charge is 2.25. The van der Waals surface area contributed by atoms with E-state index in [1.165, 1.54) is 12.8 Å². The van der Waals surface area contributed by atoms with Crippen molar-refractivity contribution in [3.8, 4) is 0 Å². The van der Waals surface area contributed by atoms with E-state index in [2.05, 4.69) is 9.55 Å². The molecule has 0 saturated heterocycles. The van der Waals surface area contributed by atoms with Crippen molar-refractivity contribution in [1.82, 2.24) is 14.1 Å². The van der Waals surface area contributed by atoms with Crippen LogP contribution >= 0.6 is 0 Å². The second-order valence-corrected chi connectivity index (χ2v) is 4.77. The van der Waals surface area contributed by atoms with Crippen molar-refractivity contribution in [2.45, 2.75) is 32.4 Å². The van der Waals surface area contributed by atoms with Gasteiger partial charge in [0.15, 0.2) is 0 Å². The SMILES string of the molecule is CCOC(=O)c1cccn1Cc1cncn1C1CC1. The van der Waals surface area contributed by atoms with Crippen LogP contribution in [0.15, 0.2) is 30.9 Å². The summed E-state index contributed by atoms with van der Waals surface area (Å²) >= 11 is 0. The minimum Gasteiger partial charge on any atom is -0.461 e. The quantitative estimate of drug-likeness (QED) is 0.774. The smallest absolute Gasteiger partial charge is 0.354 e. The molecule has 0 aromatic carbocycles. The molecule has 0 N–H and O–H groups in total. The number of hydrogen-bond acceptors (Lipinski definition) is 3. The summed E-state index contributed by atoms with van der Waals surface area (Å²) in [6.45, 7) is 2.86. The fourth-order valence-corrected chi connectivity index (χ4v) is 2.25. The van der Waals surface area contributed by atoms with Gasteiger partial charge in [0.05, 0.1) is 25.2 Å². The fraction of sp³-hybridized carbons (Fsp3) is 0.429. The third-order valence-corrected chi connectivity index (χ3v) is 3.33. The first-order valence-electron chi connectivity index (χ1n) is 6.62. The second-order valence-electron chi connectivity index (χ2n) is 4.77. The van der Waals surface area contributed by atoms with Crippen LogP contribution in [0.2, 0.25) is 0 Å². The molecule has 19 heavy (non-hydrogen) atoms. The number of carbonyl (C=O) groups is 1. The van der Waals surface area contributed by atoms with Gasteiger partial charge in [-0.15, -0.1) is 0 Å². The molecule has 100 valence electrons. The highest BCUT2D eigenvalue weighted by atomic mass is 16.5. The summed E-state index contributed by atoms with van der Waals surface area (Å²) in [5, 5.41) is 0. The van der Waals surface area contributed by atoms with Crippen molar-refractivity contribution < 1.29 is 9.53 Å². The molecular weight excluding hydrogens is 242 g/mol. The number of aromatic nitrogens is 3.